The van der Waals surface area contributed by atoms with Crippen molar-refractivity contribution in [2.24, 2.45) is 5.41 Å². The molecule has 0 radical (unpaired) electrons. The van der Waals surface area contributed by atoms with Crippen LogP contribution in [0.2, 0.25) is 0 Å². The Hall–Kier alpha value is -2.04. The molecule has 5 heteroatoms. The van der Waals surface area contributed by atoms with Crippen molar-refractivity contribution in [3.05, 3.63) is 35.4 Å². The number of hydrogen-bond donors (Lipinski definition) is 2. The van der Waals surface area contributed by atoms with Crippen LogP contribution in [0.15, 0.2) is 24.3 Å². The molecule has 0 heterocycles. The monoisotopic (exact) mass is 320 g/mol. The highest BCUT2D eigenvalue weighted by atomic mass is 16.6. The van der Waals surface area contributed by atoms with Crippen LogP contribution >= 0.6 is 0 Å². The molecule has 0 bridgehead atoms. The Balaban J connectivity index is 2.65. The van der Waals surface area contributed by atoms with E-state index in [0.717, 1.165) is 5.56 Å². The van der Waals surface area contributed by atoms with E-state index in [1.54, 1.807) is 26.0 Å². The number of amides is 2. The largest absolute Gasteiger partial charge is 0.447 e. The standard InChI is InChI=1S/C18H28N2O3/c1-12(2)23-17(22)20-15(18(4,5)6)11-19-16(21)14-9-7-13(3)8-10-14/h7-10,12,15H,11H2,1-6H3,(H,19,21)(H,20,22)/t15-/m1/s1. The maximum absolute atomic E-state index is 12.2. The Morgan fingerprint density at radius 1 is 1.13 bits per heavy atom. The first-order chi connectivity index (χ1) is 10.6. The molecule has 1 aromatic carbocycles. The summed E-state index contributed by atoms with van der Waals surface area (Å²) in [7, 11) is 0. The molecule has 128 valence electrons. The molecule has 0 aliphatic heterocycles. The van der Waals surface area contributed by atoms with Crippen molar-refractivity contribution in [1.82, 2.24) is 10.6 Å². The zero-order valence-corrected chi connectivity index (χ0v) is 14.9. The van der Waals surface area contributed by atoms with Gasteiger partial charge in [0, 0.05) is 12.1 Å². The highest BCUT2D eigenvalue weighted by Crippen LogP contribution is 2.19. The molecular formula is C18H28N2O3. The zero-order chi connectivity index (χ0) is 17.6. The molecule has 0 fully saturated rings. The number of aryl methyl sites for hydroxylation is 1. The van der Waals surface area contributed by atoms with E-state index in [1.165, 1.54) is 0 Å². The second-order valence-corrected chi connectivity index (χ2v) is 7.09. The minimum atomic E-state index is -0.468. The van der Waals surface area contributed by atoms with Crippen molar-refractivity contribution in [3.8, 4) is 0 Å². The van der Waals surface area contributed by atoms with Crippen LogP contribution in [0.5, 0.6) is 0 Å². The van der Waals surface area contributed by atoms with Crippen LogP contribution in [0.3, 0.4) is 0 Å². The van der Waals surface area contributed by atoms with Crippen molar-refractivity contribution < 1.29 is 14.3 Å². The van der Waals surface area contributed by atoms with Crippen LogP contribution in [-0.2, 0) is 4.74 Å². The van der Waals surface area contributed by atoms with Crippen LogP contribution in [-0.4, -0.2) is 30.7 Å². The first-order valence-electron chi connectivity index (χ1n) is 7.91. The molecule has 0 saturated heterocycles. The molecule has 0 saturated carbocycles. The second kappa shape index (κ2) is 7.99. The number of benzene rings is 1. The van der Waals surface area contributed by atoms with Gasteiger partial charge in [-0.15, -0.1) is 0 Å². The van der Waals surface area contributed by atoms with Crippen molar-refractivity contribution in [1.29, 1.82) is 0 Å². The Morgan fingerprint density at radius 3 is 2.17 bits per heavy atom. The van der Waals surface area contributed by atoms with Gasteiger partial charge in [-0.2, -0.15) is 0 Å². The van der Waals surface area contributed by atoms with Gasteiger partial charge in [0.25, 0.3) is 5.91 Å². The zero-order valence-electron chi connectivity index (χ0n) is 14.9. The number of carbonyl (C=O) groups excluding carboxylic acids is 2. The number of carbonyl (C=O) groups is 2. The van der Waals surface area contributed by atoms with Gasteiger partial charge in [0.2, 0.25) is 0 Å². The highest BCUT2D eigenvalue weighted by molar-refractivity contribution is 5.94. The van der Waals surface area contributed by atoms with E-state index in [2.05, 4.69) is 10.6 Å². The van der Waals surface area contributed by atoms with Gasteiger partial charge in [-0.25, -0.2) is 4.79 Å². The van der Waals surface area contributed by atoms with Gasteiger partial charge < -0.3 is 15.4 Å². The third-order valence-corrected chi connectivity index (χ3v) is 3.46. The van der Waals surface area contributed by atoms with Gasteiger partial charge >= 0.3 is 6.09 Å². The summed E-state index contributed by atoms with van der Waals surface area (Å²) in [6.07, 6.45) is -0.651. The van der Waals surface area contributed by atoms with E-state index in [-0.39, 0.29) is 23.5 Å². The molecule has 1 rings (SSSR count). The fourth-order valence-electron chi connectivity index (χ4n) is 1.97. The van der Waals surface area contributed by atoms with Crippen LogP contribution in [0.4, 0.5) is 4.79 Å². The summed E-state index contributed by atoms with van der Waals surface area (Å²) < 4.78 is 5.12. The van der Waals surface area contributed by atoms with Gasteiger partial charge in [0.15, 0.2) is 0 Å². The summed E-state index contributed by atoms with van der Waals surface area (Å²) >= 11 is 0. The quantitative estimate of drug-likeness (QED) is 0.875. The SMILES string of the molecule is Cc1ccc(C(=O)NC[C@@H](NC(=O)OC(C)C)C(C)(C)C)cc1. The lowest BCUT2D eigenvalue weighted by Gasteiger charge is -2.31. The predicted molar refractivity (Wildman–Crippen MR) is 91.5 cm³/mol. The molecule has 0 aliphatic rings. The van der Waals surface area contributed by atoms with E-state index >= 15 is 0 Å². The van der Waals surface area contributed by atoms with Crippen molar-refractivity contribution in [2.75, 3.05) is 6.54 Å². The molecule has 2 amide bonds. The van der Waals surface area contributed by atoms with Crippen molar-refractivity contribution >= 4 is 12.0 Å². The predicted octanol–water partition coefficient (Wildman–Crippen LogP) is 3.27. The summed E-state index contributed by atoms with van der Waals surface area (Å²) in [6.45, 7) is 11.9. The molecule has 0 aromatic heterocycles. The fraction of sp³-hybridized carbons (Fsp3) is 0.556. The van der Waals surface area contributed by atoms with Crippen LogP contribution in [0, 0.1) is 12.3 Å². The molecule has 2 N–H and O–H groups in total. The van der Waals surface area contributed by atoms with Crippen molar-refractivity contribution in [3.63, 3.8) is 0 Å². The molecule has 5 nitrogen and oxygen atoms in total. The average molecular weight is 320 g/mol. The smallest absolute Gasteiger partial charge is 0.407 e. The Bertz CT molecular complexity index is 530. The molecule has 1 atom stereocenters. The molecule has 23 heavy (non-hydrogen) atoms. The van der Waals surface area contributed by atoms with Crippen molar-refractivity contribution in [2.45, 2.75) is 53.7 Å². The van der Waals surface area contributed by atoms with E-state index in [1.807, 2.05) is 39.8 Å². The summed E-state index contributed by atoms with van der Waals surface area (Å²) in [4.78, 5) is 24.0. The summed E-state index contributed by atoms with van der Waals surface area (Å²) in [5.74, 6) is -0.154. The highest BCUT2D eigenvalue weighted by Gasteiger charge is 2.27. The minimum Gasteiger partial charge on any atom is -0.447 e. The lowest BCUT2D eigenvalue weighted by atomic mass is 9.86. The van der Waals surface area contributed by atoms with Crippen LogP contribution in [0.25, 0.3) is 0 Å². The van der Waals surface area contributed by atoms with Crippen LogP contribution < -0.4 is 10.6 Å². The van der Waals surface area contributed by atoms with E-state index in [0.29, 0.717) is 12.1 Å². The minimum absolute atomic E-state index is 0.154. The third-order valence-electron chi connectivity index (χ3n) is 3.46. The third kappa shape index (κ3) is 6.72. The van der Waals surface area contributed by atoms with Gasteiger partial charge in [0.05, 0.1) is 12.1 Å². The lowest BCUT2D eigenvalue weighted by molar-refractivity contribution is 0.0912. The first kappa shape index (κ1) is 19.0. The van der Waals surface area contributed by atoms with Crippen LogP contribution in [0.1, 0.15) is 50.5 Å². The summed E-state index contributed by atoms with van der Waals surface area (Å²) in [5, 5.41) is 5.70. The molecule has 0 aliphatic carbocycles. The molecular weight excluding hydrogens is 292 g/mol. The molecule has 0 unspecified atom stereocenters. The normalized spacial score (nSPS) is 12.7. The summed E-state index contributed by atoms with van der Waals surface area (Å²) in [6, 6.07) is 7.14. The van der Waals surface area contributed by atoms with Gasteiger partial charge in [-0.1, -0.05) is 38.5 Å². The maximum atomic E-state index is 12.2. The maximum Gasteiger partial charge on any atom is 0.407 e. The lowest BCUT2D eigenvalue weighted by Crippen LogP contribution is -2.51. The fourth-order valence-corrected chi connectivity index (χ4v) is 1.97. The van der Waals surface area contributed by atoms with E-state index < -0.39 is 6.09 Å². The Labute approximate surface area is 138 Å². The average Bonchev–Trinajstić information content (AvgIpc) is 2.41. The van der Waals surface area contributed by atoms with Gasteiger partial charge in [-0.3, -0.25) is 4.79 Å². The first-order valence-corrected chi connectivity index (χ1v) is 7.91. The molecule has 0 spiro atoms. The number of ether oxygens (including phenoxy) is 1. The van der Waals surface area contributed by atoms with E-state index in [4.69, 9.17) is 4.74 Å². The Morgan fingerprint density at radius 2 is 1.70 bits per heavy atom. The second-order valence-electron chi connectivity index (χ2n) is 7.09. The van der Waals surface area contributed by atoms with Gasteiger partial charge in [0.1, 0.15) is 0 Å². The number of rotatable bonds is 5. The number of hydrogen-bond acceptors (Lipinski definition) is 3. The number of nitrogens with one attached hydrogen (secondary N) is 2. The Kier molecular flexibility index (Phi) is 6.61. The molecule has 1 aromatic rings. The van der Waals surface area contributed by atoms with Gasteiger partial charge in [-0.05, 0) is 38.3 Å². The topological polar surface area (TPSA) is 67.4 Å². The van der Waals surface area contributed by atoms with E-state index in [9.17, 15) is 9.59 Å². The summed E-state index contributed by atoms with van der Waals surface area (Å²) in [5.41, 5.74) is 1.50. The number of alkyl carbamates (subject to hydrolysis) is 1.